The van der Waals surface area contributed by atoms with Crippen LogP contribution in [0.1, 0.15) is 39.4 Å². The molecular formula is C35H29N3O5S2. The van der Waals surface area contributed by atoms with Crippen LogP contribution in [0.2, 0.25) is 0 Å². The number of ketones is 1. The van der Waals surface area contributed by atoms with Crippen LogP contribution in [0, 0.1) is 13.8 Å². The van der Waals surface area contributed by atoms with E-state index in [1.165, 1.54) is 45.7 Å². The number of carbonyl (C=O) groups excluding carboxylic acids is 2. The molecule has 1 aromatic heterocycles. The summed E-state index contributed by atoms with van der Waals surface area (Å²) in [6.45, 7) is 4.43. The molecule has 1 saturated heterocycles. The van der Waals surface area contributed by atoms with Crippen molar-refractivity contribution >= 4 is 45.7 Å². The van der Waals surface area contributed by atoms with Crippen LogP contribution < -0.4 is 9.64 Å². The van der Waals surface area contributed by atoms with Gasteiger partial charge in [-0.05, 0) is 72.5 Å². The molecule has 0 spiro atoms. The van der Waals surface area contributed by atoms with Crippen LogP contribution in [-0.2, 0) is 21.9 Å². The minimum atomic E-state index is -1.03. The Hall–Kier alpha value is -4.93. The summed E-state index contributed by atoms with van der Waals surface area (Å²) in [6, 6.07) is 28.1. The summed E-state index contributed by atoms with van der Waals surface area (Å²) in [7, 11) is 0. The third-order valence-electron chi connectivity index (χ3n) is 7.50. The van der Waals surface area contributed by atoms with Crippen LogP contribution in [0.5, 0.6) is 11.5 Å². The van der Waals surface area contributed by atoms with Crippen molar-refractivity contribution in [2.75, 3.05) is 4.90 Å². The molecule has 8 nitrogen and oxygen atoms in total. The van der Waals surface area contributed by atoms with Gasteiger partial charge in [-0.25, -0.2) is 0 Å². The number of aliphatic hydroxyl groups is 1. The molecule has 0 bridgehead atoms. The number of rotatable bonds is 9. The van der Waals surface area contributed by atoms with Crippen LogP contribution >= 0.6 is 23.1 Å². The third-order valence-corrected chi connectivity index (χ3v) is 9.63. The summed E-state index contributed by atoms with van der Waals surface area (Å²) >= 11 is 2.67. The number of thioether (sulfide) groups is 1. The maximum atomic E-state index is 13.5. The molecule has 1 aliphatic rings. The molecule has 2 N–H and O–H groups in total. The lowest BCUT2D eigenvalue weighted by atomic mass is 9.95. The Kier molecular flexibility index (Phi) is 8.68. The first-order valence-electron chi connectivity index (χ1n) is 14.2. The average molecular weight is 636 g/mol. The van der Waals surface area contributed by atoms with E-state index in [-0.39, 0.29) is 22.2 Å². The predicted octanol–water partition coefficient (Wildman–Crippen LogP) is 7.36. The summed E-state index contributed by atoms with van der Waals surface area (Å²) in [5.74, 6) is -0.828. The zero-order valence-corrected chi connectivity index (χ0v) is 26.1. The Balaban J connectivity index is 1.30. The summed E-state index contributed by atoms with van der Waals surface area (Å²) in [5.41, 5.74) is 5.15. The predicted molar refractivity (Wildman–Crippen MR) is 175 cm³/mol. The van der Waals surface area contributed by atoms with Crippen molar-refractivity contribution in [3.05, 3.63) is 136 Å². The molecule has 226 valence electrons. The number of hydrogen-bond acceptors (Lipinski definition) is 9. The number of anilines is 1. The van der Waals surface area contributed by atoms with Gasteiger partial charge in [0, 0.05) is 11.3 Å². The molecule has 1 aliphatic heterocycles. The normalized spacial score (nSPS) is 15.9. The standard InChI is InChI=1S/C35H29N3O5S2/c1-21-10-12-23(13-11-21)20-44-35-37-36-34(45-35)38-30(25-8-5-9-27(39)18-25)29(32(41)33(38)42)31(40)24-14-16-28(17-15-24)43-19-26-7-4-3-6-22(26)2/h3-18,30,39-40H,19-20H2,1-2H3/b31-29+. The van der Waals surface area contributed by atoms with Crippen LogP contribution in [0.15, 0.2) is 107 Å². The van der Waals surface area contributed by atoms with Gasteiger partial charge in [-0.2, -0.15) is 0 Å². The molecule has 1 atom stereocenters. The molecule has 5 aromatic rings. The molecule has 1 amide bonds. The Labute approximate surface area is 268 Å². The number of hydrogen-bond donors (Lipinski definition) is 2. The second kappa shape index (κ2) is 13.0. The van der Waals surface area contributed by atoms with E-state index in [9.17, 15) is 19.8 Å². The smallest absolute Gasteiger partial charge is 0.301 e. The number of nitrogens with zero attached hydrogens (tertiary/aromatic N) is 3. The van der Waals surface area contributed by atoms with Gasteiger partial charge >= 0.3 is 5.91 Å². The van der Waals surface area contributed by atoms with Crippen LogP contribution in [0.4, 0.5) is 5.13 Å². The van der Waals surface area contributed by atoms with E-state index in [2.05, 4.69) is 10.2 Å². The first-order chi connectivity index (χ1) is 21.8. The first kappa shape index (κ1) is 30.1. The first-order valence-corrected chi connectivity index (χ1v) is 16.0. The van der Waals surface area contributed by atoms with Crippen molar-refractivity contribution in [2.45, 2.75) is 36.6 Å². The van der Waals surface area contributed by atoms with Crippen molar-refractivity contribution < 1.29 is 24.5 Å². The van der Waals surface area contributed by atoms with Crippen LogP contribution in [0.3, 0.4) is 0 Å². The number of phenolic OH excluding ortho intramolecular Hbond substituents is 1. The molecule has 4 aromatic carbocycles. The quantitative estimate of drug-likeness (QED) is 0.0568. The number of phenols is 1. The highest BCUT2D eigenvalue weighted by Crippen LogP contribution is 2.44. The maximum Gasteiger partial charge on any atom is 0.301 e. The molecule has 2 heterocycles. The largest absolute Gasteiger partial charge is 0.508 e. The second-order valence-corrected chi connectivity index (χ2v) is 12.8. The third kappa shape index (κ3) is 6.47. The van der Waals surface area contributed by atoms with Gasteiger partial charge in [-0.15, -0.1) is 10.2 Å². The lowest BCUT2D eigenvalue weighted by Crippen LogP contribution is -2.29. The lowest BCUT2D eigenvalue weighted by molar-refractivity contribution is -0.132. The summed E-state index contributed by atoms with van der Waals surface area (Å²) in [6.07, 6.45) is 0. The van der Waals surface area contributed by atoms with Gasteiger partial charge in [0.25, 0.3) is 5.78 Å². The number of amides is 1. The van der Waals surface area contributed by atoms with Gasteiger partial charge < -0.3 is 14.9 Å². The molecule has 1 fully saturated rings. The van der Waals surface area contributed by atoms with Crippen LogP contribution in [-0.4, -0.2) is 32.1 Å². The number of ether oxygens (including phenoxy) is 1. The fraction of sp³-hybridized carbons (Fsp3) is 0.143. The number of aromatic hydroxyl groups is 1. The van der Waals surface area contributed by atoms with Crippen molar-refractivity contribution in [2.24, 2.45) is 0 Å². The number of aryl methyl sites for hydroxylation is 2. The van der Waals surface area contributed by atoms with E-state index < -0.39 is 17.7 Å². The zero-order valence-electron chi connectivity index (χ0n) is 24.5. The van der Waals surface area contributed by atoms with Gasteiger partial charge in [0.1, 0.15) is 23.9 Å². The molecular weight excluding hydrogens is 607 g/mol. The Morgan fingerprint density at radius 1 is 0.933 bits per heavy atom. The minimum Gasteiger partial charge on any atom is -0.508 e. The van der Waals surface area contributed by atoms with Gasteiger partial charge in [-0.3, -0.25) is 14.5 Å². The van der Waals surface area contributed by atoms with E-state index in [1.54, 1.807) is 36.4 Å². The highest BCUT2D eigenvalue weighted by molar-refractivity contribution is 8.00. The monoisotopic (exact) mass is 635 g/mol. The highest BCUT2D eigenvalue weighted by Gasteiger charge is 2.48. The van der Waals surface area contributed by atoms with Gasteiger partial charge in [-0.1, -0.05) is 89.3 Å². The van der Waals surface area contributed by atoms with Crippen molar-refractivity contribution in [3.8, 4) is 11.5 Å². The SMILES string of the molecule is Cc1ccc(CSc2nnc(N3C(=O)C(=O)/C(=C(/O)c4ccc(OCc5ccccc5C)cc4)C3c3cccc(O)c3)s2)cc1. The molecule has 45 heavy (non-hydrogen) atoms. The van der Waals surface area contributed by atoms with E-state index in [1.807, 2.05) is 62.4 Å². The van der Waals surface area contributed by atoms with Crippen molar-refractivity contribution in [1.82, 2.24) is 10.2 Å². The maximum absolute atomic E-state index is 13.5. The molecule has 1 unspecified atom stereocenters. The van der Waals surface area contributed by atoms with Crippen molar-refractivity contribution in [3.63, 3.8) is 0 Å². The average Bonchev–Trinajstić information content (AvgIpc) is 3.62. The van der Waals surface area contributed by atoms with Crippen molar-refractivity contribution in [1.29, 1.82) is 0 Å². The minimum absolute atomic E-state index is 0.0418. The molecule has 0 radical (unpaired) electrons. The van der Waals surface area contributed by atoms with Gasteiger partial charge in [0.05, 0.1) is 11.6 Å². The zero-order chi connectivity index (χ0) is 31.5. The fourth-order valence-electron chi connectivity index (χ4n) is 5.03. The van der Waals surface area contributed by atoms with Gasteiger partial charge in [0.2, 0.25) is 5.13 Å². The fourth-order valence-corrected chi connectivity index (χ4v) is 6.85. The number of Topliss-reactive ketones (excluding diaryl/α,β-unsaturated/α-hetero) is 1. The number of benzene rings is 4. The van der Waals surface area contributed by atoms with E-state index in [0.717, 1.165) is 16.7 Å². The Morgan fingerprint density at radius 3 is 2.42 bits per heavy atom. The summed E-state index contributed by atoms with van der Waals surface area (Å²) in [4.78, 5) is 28.3. The summed E-state index contributed by atoms with van der Waals surface area (Å²) < 4.78 is 6.56. The topological polar surface area (TPSA) is 113 Å². The number of aliphatic hydroxyl groups excluding tert-OH is 1. The van der Waals surface area contributed by atoms with Gasteiger partial charge in [0.15, 0.2) is 4.34 Å². The van der Waals surface area contributed by atoms with E-state index >= 15 is 0 Å². The molecule has 10 heteroatoms. The molecule has 0 saturated carbocycles. The van der Waals surface area contributed by atoms with E-state index in [0.29, 0.717) is 33.6 Å². The Bertz CT molecular complexity index is 1900. The van der Waals surface area contributed by atoms with E-state index in [4.69, 9.17) is 4.74 Å². The molecule has 0 aliphatic carbocycles. The number of aromatic nitrogens is 2. The second-order valence-electron chi connectivity index (χ2n) is 10.6. The van der Waals surface area contributed by atoms with Crippen LogP contribution in [0.25, 0.3) is 5.76 Å². The number of carbonyl (C=O) groups is 2. The highest BCUT2D eigenvalue weighted by atomic mass is 32.2. The molecule has 6 rings (SSSR count). The summed E-state index contributed by atoms with van der Waals surface area (Å²) in [5, 5.41) is 30.5. The Morgan fingerprint density at radius 2 is 1.69 bits per heavy atom. The lowest BCUT2D eigenvalue weighted by Gasteiger charge is -2.22.